The Morgan fingerprint density at radius 3 is 2.80 bits per heavy atom. The quantitative estimate of drug-likeness (QED) is 0.582. The fourth-order valence-corrected chi connectivity index (χ4v) is 2.71. The second-order valence-electron chi connectivity index (χ2n) is 4.79. The zero-order valence-corrected chi connectivity index (χ0v) is 11.0. The van der Waals surface area contributed by atoms with Gasteiger partial charge in [-0.25, -0.2) is 0 Å². The summed E-state index contributed by atoms with van der Waals surface area (Å²) < 4.78 is 5.41. The molecule has 0 amide bonds. The van der Waals surface area contributed by atoms with Crippen molar-refractivity contribution in [1.82, 2.24) is 4.98 Å². The van der Waals surface area contributed by atoms with Gasteiger partial charge in [-0.05, 0) is 30.7 Å². The highest BCUT2D eigenvalue weighted by Crippen LogP contribution is 2.33. The van der Waals surface area contributed by atoms with Gasteiger partial charge in [0.25, 0.3) is 0 Å². The number of H-pyrrole nitrogens is 1. The Morgan fingerprint density at radius 2 is 2.10 bits per heavy atom. The van der Waals surface area contributed by atoms with E-state index in [0.717, 1.165) is 22.2 Å². The molecule has 0 radical (unpaired) electrons. The van der Waals surface area contributed by atoms with Gasteiger partial charge in [-0.15, -0.1) is 0 Å². The van der Waals surface area contributed by atoms with Crippen LogP contribution in [0.1, 0.15) is 22.9 Å². The van der Waals surface area contributed by atoms with Crippen molar-refractivity contribution in [2.75, 3.05) is 6.54 Å². The van der Waals surface area contributed by atoms with Gasteiger partial charge in [-0.2, -0.15) is 0 Å². The summed E-state index contributed by atoms with van der Waals surface area (Å²) in [6, 6.07) is 11.4. The average molecular weight is 270 g/mol. The van der Waals surface area contributed by atoms with E-state index in [0.29, 0.717) is 5.76 Å². The number of furan rings is 1. The molecule has 1 atom stereocenters. The number of hydrogen-bond donors (Lipinski definition) is 1. The number of nitro groups is 1. The van der Waals surface area contributed by atoms with Crippen LogP contribution in [-0.4, -0.2) is 16.5 Å². The van der Waals surface area contributed by atoms with E-state index in [9.17, 15) is 10.1 Å². The van der Waals surface area contributed by atoms with Gasteiger partial charge in [-0.1, -0.05) is 18.2 Å². The molecule has 0 saturated heterocycles. The van der Waals surface area contributed by atoms with Crippen LogP contribution in [0.3, 0.4) is 0 Å². The lowest BCUT2D eigenvalue weighted by atomic mass is 9.94. The molecule has 1 N–H and O–H groups in total. The summed E-state index contributed by atoms with van der Waals surface area (Å²) in [5.41, 5.74) is 2.86. The summed E-state index contributed by atoms with van der Waals surface area (Å²) in [7, 11) is 0. The minimum atomic E-state index is -0.379. The van der Waals surface area contributed by atoms with Crippen LogP contribution < -0.4 is 0 Å². The summed E-state index contributed by atoms with van der Waals surface area (Å²) in [4.78, 5) is 14.0. The molecule has 3 aromatic rings. The molecule has 5 heteroatoms. The van der Waals surface area contributed by atoms with Crippen molar-refractivity contribution in [3.8, 4) is 0 Å². The van der Waals surface area contributed by atoms with Gasteiger partial charge in [0, 0.05) is 21.5 Å². The third-order valence-corrected chi connectivity index (χ3v) is 3.51. The highest BCUT2D eigenvalue weighted by atomic mass is 16.6. The van der Waals surface area contributed by atoms with Crippen molar-refractivity contribution < 1.29 is 9.34 Å². The lowest BCUT2D eigenvalue weighted by Crippen LogP contribution is -2.14. The standard InChI is InChI=1S/C15H14N2O3/c1-10-15(11-5-2-3-6-13(11)16-10)12(9-17(18)19)14-7-4-8-20-14/h2-8,12,16H,9H2,1H3/t12-/m1/s1. The number of para-hydroxylation sites is 1. The molecular formula is C15H14N2O3. The first-order valence-electron chi connectivity index (χ1n) is 6.39. The topological polar surface area (TPSA) is 72.1 Å². The van der Waals surface area contributed by atoms with Gasteiger partial charge >= 0.3 is 0 Å². The first kappa shape index (κ1) is 12.5. The highest BCUT2D eigenvalue weighted by molar-refractivity contribution is 5.85. The van der Waals surface area contributed by atoms with Crippen LogP contribution in [0.5, 0.6) is 0 Å². The summed E-state index contributed by atoms with van der Waals surface area (Å²) in [6.45, 7) is 1.75. The van der Waals surface area contributed by atoms with Crippen LogP contribution in [0.25, 0.3) is 10.9 Å². The van der Waals surface area contributed by atoms with Crippen molar-refractivity contribution in [3.63, 3.8) is 0 Å². The van der Waals surface area contributed by atoms with E-state index >= 15 is 0 Å². The lowest BCUT2D eigenvalue weighted by molar-refractivity contribution is -0.482. The van der Waals surface area contributed by atoms with E-state index in [4.69, 9.17) is 4.42 Å². The van der Waals surface area contributed by atoms with Gasteiger partial charge in [0.15, 0.2) is 0 Å². The van der Waals surface area contributed by atoms with Gasteiger partial charge in [0.2, 0.25) is 6.54 Å². The first-order valence-corrected chi connectivity index (χ1v) is 6.39. The molecule has 0 aliphatic carbocycles. The SMILES string of the molecule is Cc1[nH]c2ccccc2c1[C@H](C[N+](=O)[O-])c1ccco1. The Bertz CT molecular complexity index is 744. The lowest BCUT2D eigenvalue weighted by Gasteiger charge is -2.11. The Balaban J connectivity index is 2.18. The Hall–Kier alpha value is -2.56. The van der Waals surface area contributed by atoms with E-state index in [1.54, 1.807) is 18.4 Å². The number of aryl methyl sites for hydroxylation is 1. The van der Waals surface area contributed by atoms with Crippen molar-refractivity contribution in [3.05, 3.63) is 69.8 Å². The molecule has 20 heavy (non-hydrogen) atoms. The molecular weight excluding hydrogens is 256 g/mol. The largest absolute Gasteiger partial charge is 0.468 e. The second kappa shape index (κ2) is 4.85. The van der Waals surface area contributed by atoms with Gasteiger partial charge in [0.1, 0.15) is 11.7 Å². The summed E-state index contributed by atoms with van der Waals surface area (Å²) >= 11 is 0. The fraction of sp³-hybridized carbons (Fsp3) is 0.200. The Kier molecular flexibility index (Phi) is 3.02. The van der Waals surface area contributed by atoms with E-state index in [2.05, 4.69) is 4.98 Å². The average Bonchev–Trinajstić information content (AvgIpc) is 3.02. The summed E-state index contributed by atoms with van der Waals surface area (Å²) in [5.74, 6) is 0.241. The molecule has 0 bridgehead atoms. The number of rotatable bonds is 4. The van der Waals surface area contributed by atoms with Crippen LogP contribution in [0, 0.1) is 17.0 Å². The van der Waals surface area contributed by atoms with Crippen LogP contribution in [-0.2, 0) is 0 Å². The molecule has 102 valence electrons. The van der Waals surface area contributed by atoms with Gasteiger partial charge in [-0.3, -0.25) is 10.1 Å². The summed E-state index contributed by atoms with van der Waals surface area (Å²) in [6.07, 6.45) is 1.55. The number of nitrogens with zero attached hydrogens (tertiary/aromatic N) is 1. The highest BCUT2D eigenvalue weighted by Gasteiger charge is 2.27. The monoisotopic (exact) mass is 270 g/mol. The molecule has 0 spiro atoms. The predicted octanol–water partition coefficient (Wildman–Crippen LogP) is 3.48. The third kappa shape index (κ3) is 2.07. The van der Waals surface area contributed by atoms with Crippen LogP contribution in [0.4, 0.5) is 0 Å². The maximum atomic E-state index is 11.0. The molecule has 0 aliphatic rings. The van der Waals surface area contributed by atoms with Crippen molar-refractivity contribution >= 4 is 10.9 Å². The van der Waals surface area contributed by atoms with Crippen LogP contribution in [0.15, 0.2) is 47.1 Å². The number of hydrogen-bond acceptors (Lipinski definition) is 3. The predicted molar refractivity (Wildman–Crippen MR) is 75.4 cm³/mol. The van der Waals surface area contributed by atoms with Crippen molar-refractivity contribution in [2.24, 2.45) is 0 Å². The van der Waals surface area contributed by atoms with Gasteiger partial charge < -0.3 is 9.40 Å². The molecule has 3 rings (SSSR count). The van der Waals surface area contributed by atoms with E-state index in [1.807, 2.05) is 31.2 Å². The van der Waals surface area contributed by atoms with Crippen LogP contribution in [0.2, 0.25) is 0 Å². The van der Waals surface area contributed by atoms with E-state index in [-0.39, 0.29) is 17.4 Å². The molecule has 0 aliphatic heterocycles. The number of aromatic nitrogens is 1. The van der Waals surface area contributed by atoms with Crippen molar-refractivity contribution in [2.45, 2.75) is 12.8 Å². The fourth-order valence-electron chi connectivity index (χ4n) is 2.71. The Labute approximate surface area is 115 Å². The maximum absolute atomic E-state index is 11.0. The first-order chi connectivity index (χ1) is 9.66. The van der Waals surface area contributed by atoms with E-state index in [1.165, 1.54) is 0 Å². The van der Waals surface area contributed by atoms with E-state index < -0.39 is 0 Å². The summed E-state index contributed by atoms with van der Waals surface area (Å²) in [5, 5.41) is 12.0. The molecule has 2 aromatic heterocycles. The molecule has 1 aromatic carbocycles. The zero-order valence-electron chi connectivity index (χ0n) is 11.0. The molecule has 0 saturated carbocycles. The minimum Gasteiger partial charge on any atom is -0.468 e. The maximum Gasteiger partial charge on any atom is 0.217 e. The van der Waals surface area contributed by atoms with Crippen molar-refractivity contribution in [1.29, 1.82) is 0 Å². The molecule has 2 heterocycles. The van der Waals surface area contributed by atoms with Crippen LogP contribution >= 0.6 is 0 Å². The number of benzene rings is 1. The molecule has 0 unspecified atom stereocenters. The second-order valence-corrected chi connectivity index (χ2v) is 4.79. The third-order valence-electron chi connectivity index (χ3n) is 3.51. The number of fused-ring (bicyclic) bond motifs is 1. The molecule has 0 fully saturated rings. The minimum absolute atomic E-state index is 0.184. The van der Waals surface area contributed by atoms with Gasteiger partial charge in [0.05, 0.1) is 6.26 Å². The molecule has 5 nitrogen and oxygen atoms in total. The normalized spacial score (nSPS) is 12.7. The smallest absolute Gasteiger partial charge is 0.217 e. The Morgan fingerprint density at radius 1 is 1.30 bits per heavy atom. The number of nitrogens with one attached hydrogen (secondary N) is 1. The zero-order chi connectivity index (χ0) is 14.1. The number of aromatic amines is 1.